The van der Waals surface area contributed by atoms with Gasteiger partial charge in [0.2, 0.25) is 0 Å². The Morgan fingerprint density at radius 2 is 1.83 bits per heavy atom. The highest BCUT2D eigenvalue weighted by molar-refractivity contribution is 7.78. The zero-order valence-corrected chi connectivity index (χ0v) is 3.84. The van der Waals surface area contributed by atoms with Crippen LogP contribution >= 0.6 is 12.8 Å². The Bertz CT molecular complexity index is 112. The van der Waals surface area contributed by atoms with Crippen molar-refractivity contribution >= 4 is 12.8 Å². The predicted octanol–water partition coefficient (Wildman–Crippen LogP) is -0.0290. The summed E-state index contributed by atoms with van der Waals surface area (Å²) >= 11 is 3.73. The second-order valence-corrected chi connectivity index (χ2v) is 1.16. The molecule has 0 aliphatic rings. The van der Waals surface area contributed by atoms with Crippen LogP contribution in [0.3, 0.4) is 0 Å². The fraction of sp³-hybridized carbons (Fsp3) is 0. The van der Waals surface area contributed by atoms with Gasteiger partial charge in [-0.05, 0) is 12.8 Å². The van der Waals surface area contributed by atoms with Crippen LogP contribution in [0.4, 0.5) is 0 Å². The summed E-state index contributed by atoms with van der Waals surface area (Å²) in [5, 5.41) is 7.17. The Morgan fingerprint density at radius 3 is 2.00 bits per heavy atom. The molecule has 0 fully saturated rings. The molecule has 1 aromatic rings. The van der Waals surface area contributed by atoms with Gasteiger partial charge in [0.25, 0.3) is 0 Å². The van der Waals surface area contributed by atoms with Gasteiger partial charge in [-0.1, -0.05) is 0 Å². The molecule has 0 N–H and O–H groups in total. The lowest BCUT2D eigenvalue weighted by Crippen LogP contribution is -1.80. The first-order chi connectivity index (χ1) is 2.89. The average molecular weight is 101 g/mol. The minimum absolute atomic E-state index is 1.19. The number of thiol groups is 1. The molecular weight excluding hydrogens is 98.1 g/mol. The smallest absolute Gasteiger partial charge is 0.0703 e. The quantitative estimate of drug-likeness (QED) is 0.465. The van der Waals surface area contributed by atoms with E-state index in [1.165, 1.54) is 4.20 Å². The molecule has 4 heteroatoms. The summed E-state index contributed by atoms with van der Waals surface area (Å²) in [6, 6.07) is 0. The number of hydrogen-bond donors (Lipinski definition) is 1. The van der Waals surface area contributed by atoms with Gasteiger partial charge < -0.3 is 0 Å². The van der Waals surface area contributed by atoms with Gasteiger partial charge in [0.1, 0.15) is 0 Å². The molecular formula is C2H3N3S. The normalized spacial score (nSPS) is 8.83. The molecule has 6 heavy (non-hydrogen) atoms. The number of nitrogens with zero attached hydrogens (tertiary/aromatic N) is 3. The fourth-order valence-corrected chi connectivity index (χ4v) is 0.328. The van der Waals surface area contributed by atoms with Gasteiger partial charge in [-0.15, -0.1) is 4.20 Å². The van der Waals surface area contributed by atoms with Crippen molar-refractivity contribution in [3.05, 3.63) is 12.4 Å². The van der Waals surface area contributed by atoms with E-state index in [2.05, 4.69) is 23.0 Å². The molecule has 0 atom stereocenters. The average Bonchev–Trinajstić information content (AvgIpc) is 1.86. The van der Waals surface area contributed by atoms with Crippen molar-refractivity contribution < 1.29 is 0 Å². The monoisotopic (exact) mass is 101 g/mol. The maximum Gasteiger partial charge on any atom is 0.0703 e. The topological polar surface area (TPSA) is 30.7 Å². The first-order valence-corrected chi connectivity index (χ1v) is 1.85. The molecule has 0 aliphatic carbocycles. The van der Waals surface area contributed by atoms with Crippen molar-refractivity contribution in [2.24, 2.45) is 0 Å². The number of hydrogen-bond acceptors (Lipinski definition) is 3. The maximum absolute atomic E-state index is 3.73. The fourth-order valence-electron chi connectivity index (χ4n) is 0.209. The van der Waals surface area contributed by atoms with Gasteiger partial charge in [0.15, 0.2) is 0 Å². The third-order valence-electron chi connectivity index (χ3n) is 0.407. The summed E-state index contributed by atoms with van der Waals surface area (Å²) in [7, 11) is 0. The maximum atomic E-state index is 3.73. The van der Waals surface area contributed by atoms with Crippen LogP contribution in [0, 0.1) is 0 Å². The van der Waals surface area contributed by atoms with Gasteiger partial charge in [-0.25, -0.2) is 0 Å². The molecule has 0 bridgehead atoms. The molecule has 0 amide bonds. The zero-order valence-electron chi connectivity index (χ0n) is 2.94. The van der Waals surface area contributed by atoms with E-state index in [0.717, 1.165) is 0 Å². The first-order valence-electron chi connectivity index (χ1n) is 1.45. The lowest BCUT2D eigenvalue weighted by Gasteiger charge is -1.72. The minimum atomic E-state index is 1.19. The molecule has 3 nitrogen and oxygen atoms in total. The van der Waals surface area contributed by atoms with E-state index in [-0.39, 0.29) is 0 Å². The lowest BCUT2D eigenvalue weighted by molar-refractivity contribution is 0.872. The summed E-state index contributed by atoms with van der Waals surface area (Å²) in [4.78, 5) is 0. The SMILES string of the molecule is Sn1nccn1. The Balaban J connectivity index is 3.05. The first kappa shape index (κ1) is 3.67. The van der Waals surface area contributed by atoms with Crippen LogP contribution in [0.15, 0.2) is 12.4 Å². The molecule has 0 saturated heterocycles. The molecule has 1 rings (SSSR count). The van der Waals surface area contributed by atoms with Crippen LogP contribution in [0.1, 0.15) is 0 Å². The van der Waals surface area contributed by atoms with Crippen molar-refractivity contribution in [2.45, 2.75) is 0 Å². The molecule has 1 heterocycles. The third-order valence-corrected chi connectivity index (χ3v) is 0.613. The van der Waals surface area contributed by atoms with Crippen LogP contribution in [-0.2, 0) is 0 Å². The molecule has 32 valence electrons. The summed E-state index contributed by atoms with van der Waals surface area (Å²) in [6.45, 7) is 0. The summed E-state index contributed by atoms with van der Waals surface area (Å²) in [6.07, 6.45) is 3.12. The Hall–Kier alpha value is -0.510. The summed E-state index contributed by atoms with van der Waals surface area (Å²) < 4.78 is 1.19. The molecule has 0 unspecified atom stereocenters. The van der Waals surface area contributed by atoms with Gasteiger partial charge in [-0.3, -0.25) is 0 Å². The van der Waals surface area contributed by atoms with Crippen molar-refractivity contribution in [1.82, 2.24) is 14.4 Å². The summed E-state index contributed by atoms with van der Waals surface area (Å²) in [5.41, 5.74) is 0. The van der Waals surface area contributed by atoms with Gasteiger partial charge in [0, 0.05) is 0 Å². The highest BCUT2D eigenvalue weighted by atomic mass is 32.1. The highest BCUT2D eigenvalue weighted by Crippen LogP contribution is 1.74. The molecule has 0 aliphatic heterocycles. The van der Waals surface area contributed by atoms with E-state index in [9.17, 15) is 0 Å². The molecule has 0 aromatic carbocycles. The van der Waals surface area contributed by atoms with Crippen LogP contribution in [0.5, 0.6) is 0 Å². The van der Waals surface area contributed by atoms with E-state index in [4.69, 9.17) is 0 Å². The second-order valence-electron chi connectivity index (χ2n) is 0.797. The molecule has 0 saturated carbocycles. The Kier molecular flexibility index (Phi) is 0.795. The van der Waals surface area contributed by atoms with Crippen LogP contribution < -0.4 is 0 Å². The van der Waals surface area contributed by atoms with Crippen molar-refractivity contribution in [2.75, 3.05) is 0 Å². The summed E-state index contributed by atoms with van der Waals surface area (Å²) in [5.74, 6) is 0. The zero-order chi connectivity index (χ0) is 4.41. The van der Waals surface area contributed by atoms with Crippen LogP contribution in [0.25, 0.3) is 0 Å². The van der Waals surface area contributed by atoms with Crippen molar-refractivity contribution in [3.63, 3.8) is 0 Å². The Morgan fingerprint density at radius 1 is 1.33 bits per heavy atom. The molecule has 1 aromatic heterocycles. The number of rotatable bonds is 0. The Labute approximate surface area is 40.5 Å². The van der Waals surface area contributed by atoms with Crippen LogP contribution in [0.2, 0.25) is 0 Å². The lowest BCUT2D eigenvalue weighted by atomic mass is 11.0. The predicted molar refractivity (Wildman–Crippen MR) is 24.4 cm³/mol. The van der Waals surface area contributed by atoms with Gasteiger partial charge >= 0.3 is 0 Å². The van der Waals surface area contributed by atoms with E-state index < -0.39 is 0 Å². The van der Waals surface area contributed by atoms with Gasteiger partial charge in [0.05, 0.1) is 12.4 Å². The van der Waals surface area contributed by atoms with Gasteiger partial charge in [-0.2, -0.15) is 10.2 Å². The number of aromatic nitrogens is 3. The molecule has 0 spiro atoms. The minimum Gasteiger partial charge on any atom is -0.151 e. The molecule has 0 radical (unpaired) electrons. The largest absolute Gasteiger partial charge is 0.151 e. The standard InChI is InChI=1S/C2H3N3S/c6-5-3-1-2-4-5/h1-2,6H. The van der Waals surface area contributed by atoms with E-state index >= 15 is 0 Å². The second kappa shape index (κ2) is 1.30. The third kappa shape index (κ3) is 0.514. The van der Waals surface area contributed by atoms with E-state index in [1.807, 2.05) is 0 Å². The van der Waals surface area contributed by atoms with Crippen molar-refractivity contribution in [1.29, 1.82) is 0 Å². The van der Waals surface area contributed by atoms with E-state index in [1.54, 1.807) is 12.4 Å². The highest BCUT2D eigenvalue weighted by Gasteiger charge is 1.72. The van der Waals surface area contributed by atoms with Crippen LogP contribution in [-0.4, -0.2) is 14.4 Å². The van der Waals surface area contributed by atoms with E-state index in [0.29, 0.717) is 0 Å². The van der Waals surface area contributed by atoms with Crippen molar-refractivity contribution in [3.8, 4) is 0 Å².